The summed E-state index contributed by atoms with van der Waals surface area (Å²) in [5.74, 6) is 0.489. The number of anilines is 2. The zero-order chi connectivity index (χ0) is 24.3. The van der Waals surface area contributed by atoms with Gasteiger partial charge in [0, 0.05) is 25.2 Å². The van der Waals surface area contributed by atoms with Crippen LogP contribution in [0.25, 0.3) is 11.0 Å². The van der Waals surface area contributed by atoms with Gasteiger partial charge in [-0.15, -0.1) is 0 Å². The molecule has 3 heterocycles. The third-order valence-corrected chi connectivity index (χ3v) is 7.37. The van der Waals surface area contributed by atoms with Crippen LogP contribution in [0.5, 0.6) is 5.88 Å². The maximum atomic E-state index is 12.3. The number of hydrogen-bond donors (Lipinski definition) is 3. The van der Waals surface area contributed by atoms with Crippen LogP contribution in [0.4, 0.5) is 24.9 Å². The number of hydrogen-bond acceptors (Lipinski definition) is 9. The Bertz CT molecular complexity index is 1080. The van der Waals surface area contributed by atoms with Gasteiger partial charge in [0.15, 0.2) is 11.5 Å². The number of nitrogens with zero attached hydrogens (tertiary/aromatic N) is 4. The fourth-order valence-electron chi connectivity index (χ4n) is 4.20. The van der Waals surface area contributed by atoms with Crippen molar-refractivity contribution in [3.8, 4) is 5.88 Å². The predicted molar refractivity (Wildman–Crippen MR) is 119 cm³/mol. The number of nitrogens with one attached hydrogen (secondary N) is 3. The highest BCUT2D eigenvalue weighted by molar-refractivity contribution is 7.89. The Morgan fingerprint density at radius 1 is 1.15 bits per heavy atom. The Morgan fingerprint density at radius 2 is 1.82 bits per heavy atom. The number of morpholine rings is 1. The van der Waals surface area contributed by atoms with Crippen molar-refractivity contribution in [2.24, 2.45) is 0 Å². The number of aromatic nitrogens is 4. The molecule has 2 aromatic rings. The monoisotopic (exact) mass is 507 g/mol. The van der Waals surface area contributed by atoms with E-state index in [0.717, 1.165) is 0 Å². The fourth-order valence-corrected chi connectivity index (χ4v) is 5.56. The quantitative estimate of drug-likeness (QED) is 0.489. The van der Waals surface area contributed by atoms with E-state index in [0.29, 0.717) is 80.7 Å². The van der Waals surface area contributed by atoms with Crippen LogP contribution in [0.15, 0.2) is 0 Å². The normalized spacial score (nSPS) is 22.2. The molecule has 1 aliphatic carbocycles. The largest absolute Gasteiger partial charge is 0.480 e. The number of rotatable bonds is 8. The van der Waals surface area contributed by atoms with Gasteiger partial charge in [-0.25, -0.2) is 13.1 Å². The van der Waals surface area contributed by atoms with Crippen LogP contribution in [0.1, 0.15) is 32.1 Å². The standard InChI is InChI=1S/C19H28F3N7O4S/c1-32-17-14-15(26-27-16(14)29-7-9-33-10-8-29)24-18(25-17)23-12-2-4-13(5-3-12)28-34(30,31)11-6-19(20,21)22/h12-13,28H,2-11H2,1H3,(H2,23,24,25,26,27). The van der Waals surface area contributed by atoms with E-state index in [1.54, 1.807) is 0 Å². The minimum Gasteiger partial charge on any atom is -0.480 e. The number of halogens is 3. The summed E-state index contributed by atoms with van der Waals surface area (Å²) in [5.41, 5.74) is 0.530. The first-order chi connectivity index (χ1) is 16.1. The molecule has 0 spiro atoms. The van der Waals surface area contributed by atoms with E-state index in [4.69, 9.17) is 9.47 Å². The molecule has 190 valence electrons. The van der Waals surface area contributed by atoms with Gasteiger partial charge in [0.25, 0.3) is 0 Å². The molecule has 0 atom stereocenters. The van der Waals surface area contributed by atoms with Gasteiger partial charge in [0.05, 0.1) is 32.5 Å². The third kappa shape index (κ3) is 6.18. The molecular weight excluding hydrogens is 479 g/mol. The van der Waals surface area contributed by atoms with Crippen molar-refractivity contribution in [1.29, 1.82) is 0 Å². The van der Waals surface area contributed by atoms with Crippen LogP contribution in [0, 0.1) is 0 Å². The highest BCUT2D eigenvalue weighted by Gasteiger charge is 2.32. The van der Waals surface area contributed by atoms with Crippen LogP contribution >= 0.6 is 0 Å². The zero-order valence-corrected chi connectivity index (χ0v) is 19.5. The molecule has 34 heavy (non-hydrogen) atoms. The SMILES string of the molecule is COc1nc(NC2CCC(NS(=O)(=O)CCC(F)(F)F)CC2)nc2[nH]nc(N3CCOCC3)c12. The first-order valence-corrected chi connectivity index (χ1v) is 12.7. The van der Waals surface area contributed by atoms with Gasteiger partial charge in [-0.1, -0.05) is 0 Å². The lowest BCUT2D eigenvalue weighted by Crippen LogP contribution is -2.41. The number of methoxy groups -OCH3 is 1. The summed E-state index contributed by atoms with van der Waals surface area (Å²) >= 11 is 0. The van der Waals surface area contributed by atoms with Gasteiger partial charge in [-0.2, -0.15) is 28.2 Å². The van der Waals surface area contributed by atoms with Crippen molar-refractivity contribution in [2.45, 2.75) is 50.4 Å². The molecule has 1 saturated heterocycles. The molecule has 0 radical (unpaired) electrons. The van der Waals surface area contributed by atoms with Crippen LogP contribution in [-0.2, 0) is 14.8 Å². The lowest BCUT2D eigenvalue weighted by Gasteiger charge is -2.29. The Morgan fingerprint density at radius 3 is 2.47 bits per heavy atom. The second-order valence-corrected chi connectivity index (χ2v) is 10.3. The number of ether oxygens (including phenoxy) is 2. The van der Waals surface area contributed by atoms with E-state index >= 15 is 0 Å². The maximum Gasteiger partial charge on any atom is 0.390 e. The van der Waals surface area contributed by atoms with E-state index in [1.807, 2.05) is 0 Å². The van der Waals surface area contributed by atoms with Gasteiger partial charge in [0.2, 0.25) is 21.9 Å². The molecule has 3 N–H and O–H groups in total. The van der Waals surface area contributed by atoms with Crippen LogP contribution < -0.4 is 19.7 Å². The van der Waals surface area contributed by atoms with Gasteiger partial charge in [0.1, 0.15) is 5.39 Å². The third-order valence-electron chi connectivity index (χ3n) is 5.93. The Kier molecular flexibility index (Phi) is 7.33. The number of sulfonamides is 1. The minimum atomic E-state index is -4.50. The van der Waals surface area contributed by atoms with Crippen molar-refractivity contribution in [2.75, 3.05) is 49.4 Å². The topological polar surface area (TPSA) is 134 Å². The first kappa shape index (κ1) is 24.7. The predicted octanol–water partition coefficient (Wildman–Crippen LogP) is 1.79. The summed E-state index contributed by atoms with van der Waals surface area (Å²) in [6.45, 7) is 2.62. The van der Waals surface area contributed by atoms with Crippen molar-refractivity contribution in [3.63, 3.8) is 0 Å². The van der Waals surface area contributed by atoms with E-state index in [1.165, 1.54) is 7.11 Å². The lowest BCUT2D eigenvalue weighted by atomic mass is 9.92. The average Bonchev–Trinajstić information content (AvgIpc) is 3.23. The van der Waals surface area contributed by atoms with Crippen LogP contribution in [0.3, 0.4) is 0 Å². The zero-order valence-electron chi connectivity index (χ0n) is 18.7. The smallest absolute Gasteiger partial charge is 0.390 e. The number of alkyl halides is 3. The van der Waals surface area contributed by atoms with Crippen molar-refractivity contribution < 1.29 is 31.1 Å². The van der Waals surface area contributed by atoms with Crippen molar-refractivity contribution >= 4 is 32.8 Å². The van der Waals surface area contributed by atoms with Crippen molar-refractivity contribution in [3.05, 3.63) is 0 Å². The lowest BCUT2D eigenvalue weighted by molar-refractivity contribution is -0.130. The van der Waals surface area contributed by atoms with Crippen LogP contribution in [-0.4, -0.2) is 86.0 Å². The van der Waals surface area contributed by atoms with Gasteiger partial charge in [-0.05, 0) is 25.7 Å². The molecule has 11 nitrogen and oxygen atoms in total. The molecule has 2 fully saturated rings. The highest BCUT2D eigenvalue weighted by atomic mass is 32.2. The highest BCUT2D eigenvalue weighted by Crippen LogP contribution is 2.32. The van der Waals surface area contributed by atoms with E-state index in [9.17, 15) is 21.6 Å². The molecule has 0 amide bonds. The summed E-state index contributed by atoms with van der Waals surface area (Å²) in [6, 6.07) is -0.405. The summed E-state index contributed by atoms with van der Waals surface area (Å²) in [6.07, 6.45) is -3.66. The second kappa shape index (κ2) is 10.1. The molecule has 15 heteroatoms. The molecule has 0 unspecified atom stereocenters. The van der Waals surface area contributed by atoms with Gasteiger partial charge < -0.3 is 19.7 Å². The van der Waals surface area contributed by atoms with Crippen LogP contribution in [0.2, 0.25) is 0 Å². The minimum absolute atomic E-state index is 0.0141. The first-order valence-electron chi connectivity index (χ1n) is 11.1. The van der Waals surface area contributed by atoms with E-state index < -0.39 is 34.4 Å². The molecular formula is C19H28F3N7O4S. The molecule has 2 aromatic heterocycles. The fraction of sp³-hybridized carbons (Fsp3) is 0.737. The Labute approximate surface area is 194 Å². The summed E-state index contributed by atoms with van der Waals surface area (Å²) in [7, 11) is -2.46. The average molecular weight is 508 g/mol. The number of H-pyrrole nitrogens is 1. The molecule has 0 bridgehead atoms. The van der Waals surface area contributed by atoms with Crippen molar-refractivity contribution in [1.82, 2.24) is 24.9 Å². The Hall–Kier alpha value is -2.39. The molecule has 0 aromatic carbocycles. The van der Waals surface area contributed by atoms with Gasteiger partial charge >= 0.3 is 6.18 Å². The number of aromatic amines is 1. The molecule has 1 aliphatic heterocycles. The molecule has 4 rings (SSSR count). The van der Waals surface area contributed by atoms with Gasteiger partial charge in [-0.3, -0.25) is 5.10 Å². The number of fused-ring (bicyclic) bond motifs is 1. The Balaban J connectivity index is 1.36. The second-order valence-electron chi connectivity index (χ2n) is 8.42. The van der Waals surface area contributed by atoms with E-state index in [2.05, 4.69) is 35.1 Å². The summed E-state index contributed by atoms with van der Waals surface area (Å²) in [5, 5.41) is 11.3. The summed E-state index contributed by atoms with van der Waals surface area (Å²) < 4.78 is 74.2. The molecule has 1 saturated carbocycles. The maximum absolute atomic E-state index is 12.3. The molecule has 2 aliphatic rings. The van der Waals surface area contributed by atoms with E-state index in [-0.39, 0.29) is 6.04 Å². The summed E-state index contributed by atoms with van der Waals surface area (Å²) in [4.78, 5) is 11.1.